The monoisotopic (exact) mass is 473 g/mol. The lowest BCUT2D eigenvalue weighted by atomic mass is 10.0. The number of rotatable bonds is 10. The zero-order valence-electron chi connectivity index (χ0n) is 19.7. The van der Waals surface area contributed by atoms with Crippen molar-refractivity contribution in [3.63, 3.8) is 0 Å². The molecule has 8 heteroatoms. The van der Waals surface area contributed by atoms with E-state index in [2.05, 4.69) is 23.1 Å². The van der Waals surface area contributed by atoms with Gasteiger partial charge in [0.15, 0.2) is 11.5 Å². The summed E-state index contributed by atoms with van der Waals surface area (Å²) in [6.45, 7) is 7.58. The van der Waals surface area contributed by atoms with Gasteiger partial charge in [-0.3, -0.25) is 9.59 Å². The largest absolute Gasteiger partial charge is 0.490 e. The van der Waals surface area contributed by atoms with Gasteiger partial charge in [-0.2, -0.15) is 0 Å². The van der Waals surface area contributed by atoms with Crippen LogP contribution in [0, 0.1) is 19.3 Å². The molecular weight excluding hydrogens is 446 g/mol. The number of nitrogens with zero attached hydrogens (tertiary/aromatic N) is 1. The SMILES string of the molecule is C#CCOc1c(CC=C)cc(C=C2NC(=O)N(CC(=O)Nc3ccc(C)cc3)C2=O)cc1OCC. The highest BCUT2D eigenvalue weighted by Gasteiger charge is 2.35. The van der Waals surface area contributed by atoms with Crippen LogP contribution in [0.2, 0.25) is 0 Å². The maximum Gasteiger partial charge on any atom is 0.329 e. The standard InChI is InChI=1S/C27H27N3O5/c1-5-8-20-14-19(16-23(34-7-3)25(20)35-13-6-2)15-22-26(32)30(27(33)29-22)17-24(31)28-21-11-9-18(4)10-12-21/h2,5,9-12,14-16H,1,7-8,13,17H2,3-4H3,(H,28,31)(H,29,33). The Morgan fingerprint density at radius 2 is 1.97 bits per heavy atom. The third kappa shape index (κ3) is 6.30. The van der Waals surface area contributed by atoms with Crippen molar-refractivity contribution < 1.29 is 23.9 Å². The number of carbonyl (C=O) groups is 3. The highest BCUT2D eigenvalue weighted by Crippen LogP contribution is 2.35. The predicted octanol–water partition coefficient (Wildman–Crippen LogP) is 3.67. The number of amides is 4. The summed E-state index contributed by atoms with van der Waals surface area (Å²) in [5.74, 6) is 2.30. The van der Waals surface area contributed by atoms with Crippen LogP contribution in [0.1, 0.15) is 23.6 Å². The van der Waals surface area contributed by atoms with E-state index in [1.807, 2.05) is 26.0 Å². The van der Waals surface area contributed by atoms with E-state index >= 15 is 0 Å². The zero-order chi connectivity index (χ0) is 25.4. The van der Waals surface area contributed by atoms with Crippen molar-refractivity contribution in [2.24, 2.45) is 0 Å². The van der Waals surface area contributed by atoms with E-state index in [4.69, 9.17) is 15.9 Å². The van der Waals surface area contributed by atoms with E-state index in [1.54, 1.807) is 30.3 Å². The minimum Gasteiger partial charge on any atom is -0.490 e. The average Bonchev–Trinajstić information content (AvgIpc) is 3.07. The number of benzene rings is 2. The van der Waals surface area contributed by atoms with Crippen molar-refractivity contribution in [2.75, 3.05) is 25.1 Å². The van der Waals surface area contributed by atoms with Gasteiger partial charge in [0, 0.05) is 11.3 Å². The Morgan fingerprint density at radius 1 is 1.23 bits per heavy atom. The number of allylic oxidation sites excluding steroid dienone is 1. The molecule has 4 amide bonds. The Labute approximate surface area is 204 Å². The Morgan fingerprint density at radius 3 is 2.63 bits per heavy atom. The first-order valence-electron chi connectivity index (χ1n) is 11.0. The normalized spacial score (nSPS) is 13.9. The fraction of sp³-hybridized carbons (Fsp3) is 0.222. The molecule has 0 unspecified atom stereocenters. The van der Waals surface area contributed by atoms with Gasteiger partial charge in [0.05, 0.1) is 6.61 Å². The number of urea groups is 1. The van der Waals surface area contributed by atoms with Crippen molar-refractivity contribution in [1.82, 2.24) is 10.2 Å². The summed E-state index contributed by atoms with van der Waals surface area (Å²) in [7, 11) is 0. The quantitative estimate of drug-likeness (QED) is 0.238. The fourth-order valence-electron chi connectivity index (χ4n) is 3.48. The first kappa shape index (κ1) is 25.1. The van der Waals surface area contributed by atoms with Crippen molar-refractivity contribution in [2.45, 2.75) is 20.3 Å². The predicted molar refractivity (Wildman–Crippen MR) is 134 cm³/mol. The smallest absolute Gasteiger partial charge is 0.329 e. The fourth-order valence-corrected chi connectivity index (χ4v) is 3.48. The van der Waals surface area contributed by atoms with Gasteiger partial charge in [-0.25, -0.2) is 9.69 Å². The van der Waals surface area contributed by atoms with E-state index in [0.29, 0.717) is 35.8 Å². The van der Waals surface area contributed by atoms with Crippen LogP contribution in [0.25, 0.3) is 6.08 Å². The minimum absolute atomic E-state index is 0.0439. The molecular formula is C27H27N3O5. The summed E-state index contributed by atoms with van der Waals surface area (Å²) in [6.07, 6.45) is 9.04. The molecule has 8 nitrogen and oxygen atoms in total. The van der Waals surface area contributed by atoms with Crippen LogP contribution in [0.4, 0.5) is 10.5 Å². The summed E-state index contributed by atoms with van der Waals surface area (Å²) in [5.41, 5.74) is 3.04. The molecule has 1 aliphatic rings. The molecule has 0 aromatic heterocycles. The van der Waals surface area contributed by atoms with E-state index in [1.165, 1.54) is 6.08 Å². The minimum atomic E-state index is -0.675. The Bertz CT molecular complexity index is 1210. The van der Waals surface area contributed by atoms with Gasteiger partial charge in [0.1, 0.15) is 18.8 Å². The average molecular weight is 474 g/mol. The Balaban J connectivity index is 1.82. The lowest BCUT2D eigenvalue weighted by Crippen LogP contribution is -2.38. The van der Waals surface area contributed by atoms with E-state index < -0.39 is 24.4 Å². The number of anilines is 1. The molecule has 1 heterocycles. The molecule has 0 radical (unpaired) electrons. The number of imide groups is 1. The third-order valence-corrected chi connectivity index (χ3v) is 5.03. The number of terminal acetylenes is 1. The van der Waals surface area contributed by atoms with Gasteiger partial charge in [-0.1, -0.05) is 29.7 Å². The summed E-state index contributed by atoms with van der Waals surface area (Å²) >= 11 is 0. The Kier molecular flexibility index (Phi) is 8.30. The first-order valence-corrected chi connectivity index (χ1v) is 11.0. The Hall–Kier alpha value is -4.51. The molecule has 2 N–H and O–H groups in total. The third-order valence-electron chi connectivity index (χ3n) is 5.03. The number of nitrogens with one attached hydrogen (secondary N) is 2. The first-order chi connectivity index (χ1) is 16.9. The highest BCUT2D eigenvalue weighted by molar-refractivity contribution is 6.16. The summed E-state index contributed by atoms with van der Waals surface area (Å²) in [5, 5.41) is 5.21. The molecule has 0 bridgehead atoms. The molecule has 180 valence electrons. The van der Waals surface area contributed by atoms with Gasteiger partial charge in [0.2, 0.25) is 5.91 Å². The molecule has 0 spiro atoms. The lowest BCUT2D eigenvalue weighted by molar-refractivity contribution is -0.127. The molecule has 1 aliphatic heterocycles. The van der Waals surface area contributed by atoms with Crippen molar-refractivity contribution in [3.8, 4) is 23.8 Å². The molecule has 2 aromatic rings. The molecule has 3 rings (SSSR count). The summed E-state index contributed by atoms with van der Waals surface area (Å²) < 4.78 is 11.4. The lowest BCUT2D eigenvalue weighted by Gasteiger charge is -2.15. The van der Waals surface area contributed by atoms with Gasteiger partial charge in [-0.15, -0.1) is 13.0 Å². The summed E-state index contributed by atoms with van der Waals surface area (Å²) in [6, 6.07) is 10.0. The van der Waals surface area contributed by atoms with Gasteiger partial charge < -0.3 is 20.1 Å². The van der Waals surface area contributed by atoms with Crippen LogP contribution < -0.4 is 20.1 Å². The van der Waals surface area contributed by atoms with Crippen LogP contribution in [-0.4, -0.2) is 42.5 Å². The number of ether oxygens (including phenoxy) is 2. The van der Waals surface area contributed by atoms with Gasteiger partial charge in [-0.05, 0) is 56.2 Å². The second-order valence-corrected chi connectivity index (χ2v) is 7.72. The van der Waals surface area contributed by atoms with E-state index in [9.17, 15) is 14.4 Å². The number of hydrogen-bond donors (Lipinski definition) is 2. The van der Waals surface area contributed by atoms with Crippen LogP contribution in [0.15, 0.2) is 54.8 Å². The van der Waals surface area contributed by atoms with Crippen LogP contribution >= 0.6 is 0 Å². The molecule has 1 saturated heterocycles. The highest BCUT2D eigenvalue weighted by atomic mass is 16.5. The van der Waals surface area contributed by atoms with Crippen LogP contribution in [0.3, 0.4) is 0 Å². The van der Waals surface area contributed by atoms with Crippen molar-refractivity contribution >= 4 is 29.6 Å². The maximum atomic E-state index is 12.9. The molecule has 35 heavy (non-hydrogen) atoms. The second kappa shape index (κ2) is 11.6. The molecule has 0 aliphatic carbocycles. The molecule has 1 fully saturated rings. The van der Waals surface area contributed by atoms with Crippen molar-refractivity contribution in [3.05, 3.63) is 71.4 Å². The van der Waals surface area contributed by atoms with Crippen LogP contribution in [-0.2, 0) is 16.0 Å². The van der Waals surface area contributed by atoms with Crippen molar-refractivity contribution in [1.29, 1.82) is 0 Å². The number of aryl methyl sites for hydroxylation is 1. The molecule has 0 atom stereocenters. The topological polar surface area (TPSA) is 97.0 Å². The number of hydrogen-bond acceptors (Lipinski definition) is 5. The van der Waals surface area contributed by atoms with Gasteiger partial charge in [0.25, 0.3) is 5.91 Å². The van der Waals surface area contributed by atoms with Crippen LogP contribution in [0.5, 0.6) is 11.5 Å². The van der Waals surface area contributed by atoms with E-state index in [0.717, 1.165) is 16.0 Å². The van der Waals surface area contributed by atoms with Gasteiger partial charge >= 0.3 is 6.03 Å². The molecule has 0 saturated carbocycles. The van der Waals surface area contributed by atoms with E-state index in [-0.39, 0.29) is 12.3 Å². The maximum absolute atomic E-state index is 12.9. The molecule has 2 aromatic carbocycles. The zero-order valence-corrected chi connectivity index (χ0v) is 19.7. The second-order valence-electron chi connectivity index (χ2n) is 7.72. The number of carbonyl (C=O) groups excluding carboxylic acids is 3. The summed E-state index contributed by atoms with van der Waals surface area (Å²) in [4.78, 5) is 38.6.